The van der Waals surface area contributed by atoms with Crippen molar-refractivity contribution in [1.82, 2.24) is 15.0 Å². The molecule has 3 rings (SSSR count). The van der Waals surface area contributed by atoms with E-state index < -0.39 is 0 Å². The first kappa shape index (κ1) is 12.3. The fraction of sp³-hybridized carbons (Fsp3) is 0.0625. The molecule has 0 aliphatic carbocycles. The van der Waals surface area contributed by atoms with Gasteiger partial charge in [-0.15, -0.1) is 5.10 Å². The van der Waals surface area contributed by atoms with Crippen LogP contribution in [0.15, 0.2) is 60.8 Å². The van der Waals surface area contributed by atoms with Gasteiger partial charge in [0.15, 0.2) is 5.69 Å². The maximum absolute atomic E-state index is 12.2. The second-order valence-corrected chi connectivity index (χ2v) is 4.58. The molecule has 98 valence electrons. The van der Waals surface area contributed by atoms with Gasteiger partial charge < -0.3 is 0 Å². The Hall–Kier alpha value is -2.75. The van der Waals surface area contributed by atoms with Crippen LogP contribution in [0.4, 0.5) is 0 Å². The lowest BCUT2D eigenvalue weighted by atomic mass is 10.1. The molecule has 0 bridgehead atoms. The van der Waals surface area contributed by atoms with Gasteiger partial charge in [0.2, 0.25) is 5.78 Å². The summed E-state index contributed by atoms with van der Waals surface area (Å²) >= 11 is 0. The molecule has 0 fully saturated rings. The van der Waals surface area contributed by atoms with Crippen molar-refractivity contribution < 1.29 is 4.79 Å². The molecule has 0 saturated carbocycles. The lowest BCUT2D eigenvalue weighted by Crippen LogP contribution is -2.01. The Balaban J connectivity index is 1.91. The normalized spacial score (nSPS) is 10.4. The van der Waals surface area contributed by atoms with Gasteiger partial charge in [-0.25, -0.2) is 4.68 Å². The summed E-state index contributed by atoms with van der Waals surface area (Å²) in [5.41, 5.74) is 3.02. The first-order valence-electron chi connectivity index (χ1n) is 6.33. The van der Waals surface area contributed by atoms with Crippen LogP contribution in [0.5, 0.6) is 0 Å². The molecule has 2 aromatic carbocycles. The molecule has 0 unspecified atom stereocenters. The zero-order chi connectivity index (χ0) is 13.9. The highest BCUT2D eigenvalue weighted by Crippen LogP contribution is 2.11. The minimum atomic E-state index is -0.121. The Labute approximate surface area is 116 Å². The summed E-state index contributed by atoms with van der Waals surface area (Å²) in [6.07, 6.45) is 1.65. The molecule has 1 aromatic heterocycles. The van der Waals surface area contributed by atoms with Gasteiger partial charge in [0, 0.05) is 5.56 Å². The number of aryl methyl sites for hydroxylation is 1. The van der Waals surface area contributed by atoms with Crippen LogP contribution in [0.3, 0.4) is 0 Å². The van der Waals surface area contributed by atoms with Gasteiger partial charge in [0.25, 0.3) is 0 Å². The highest BCUT2D eigenvalue weighted by molar-refractivity contribution is 6.07. The molecule has 0 spiro atoms. The Bertz CT molecular complexity index is 730. The van der Waals surface area contributed by atoms with E-state index >= 15 is 0 Å². The zero-order valence-corrected chi connectivity index (χ0v) is 11.0. The van der Waals surface area contributed by atoms with Gasteiger partial charge in [-0.05, 0) is 19.1 Å². The Morgan fingerprint density at radius 2 is 1.70 bits per heavy atom. The van der Waals surface area contributed by atoms with Gasteiger partial charge in [0.05, 0.1) is 11.9 Å². The largest absolute Gasteiger partial charge is 0.287 e. The number of carbonyl (C=O) groups excluding carboxylic acids is 1. The summed E-state index contributed by atoms with van der Waals surface area (Å²) in [7, 11) is 0. The number of rotatable bonds is 3. The molecule has 3 aromatic rings. The maximum Gasteiger partial charge on any atom is 0.214 e. The third kappa shape index (κ3) is 2.36. The van der Waals surface area contributed by atoms with Crippen molar-refractivity contribution in [2.45, 2.75) is 6.92 Å². The predicted molar refractivity (Wildman–Crippen MR) is 76.0 cm³/mol. The van der Waals surface area contributed by atoms with Gasteiger partial charge in [-0.1, -0.05) is 53.2 Å². The smallest absolute Gasteiger partial charge is 0.214 e. The first-order chi connectivity index (χ1) is 9.74. The monoisotopic (exact) mass is 263 g/mol. The molecule has 0 aliphatic rings. The van der Waals surface area contributed by atoms with Crippen LogP contribution >= 0.6 is 0 Å². The molecule has 20 heavy (non-hydrogen) atoms. The summed E-state index contributed by atoms with van der Waals surface area (Å²) in [5, 5.41) is 7.96. The SMILES string of the molecule is Cc1ccc(-n2cc(C(=O)c3ccccc3)nn2)cc1. The van der Waals surface area contributed by atoms with E-state index in [-0.39, 0.29) is 5.78 Å². The summed E-state index contributed by atoms with van der Waals surface area (Å²) in [6.45, 7) is 2.02. The second-order valence-electron chi connectivity index (χ2n) is 4.58. The molecule has 4 nitrogen and oxygen atoms in total. The van der Waals surface area contributed by atoms with Gasteiger partial charge in [0.1, 0.15) is 0 Å². The number of benzene rings is 2. The van der Waals surface area contributed by atoms with Crippen LogP contribution in [-0.4, -0.2) is 20.8 Å². The molecular formula is C16H13N3O. The Morgan fingerprint density at radius 3 is 2.40 bits per heavy atom. The molecule has 4 heteroatoms. The molecule has 1 heterocycles. The van der Waals surface area contributed by atoms with Crippen molar-refractivity contribution in [3.05, 3.63) is 77.6 Å². The van der Waals surface area contributed by atoms with E-state index in [9.17, 15) is 4.79 Å². The maximum atomic E-state index is 12.2. The fourth-order valence-corrected chi connectivity index (χ4v) is 1.93. The van der Waals surface area contributed by atoms with Gasteiger partial charge in [-0.2, -0.15) is 0 Å². The lowest BCUT2D eigenvalue weighted by molar-refractivity contribution is 0.103. The minimum absolute atomic E-state index is 0.121. The molecular weight excluding hydrogens is 250 g/mol. The van der Waals surface area contributed by atoms with Crippen molar-refractivity contribution in [2.75, 3.05) is 0 Å². The summed E-state index contributed by atoms with van der Waals surface area (Å²) in [6, 6.07) is 17.0. The highest BCUT2D eigenvalue weighted by Gasteiger charge is 2.13. The molecule has 0 atom stereocenters. The summed E-state index contributed by atoms with van der Waals surface area (Å²) in [5.74, 6) is -0.121. The van der Waals surface area contributed by atoms with Gasteiger partial charge in [-0.3, -0.25) is 4.79 Å². The third-order valence-corrected chi connectivity index (χ3v) is 3.06. The van der Waals surface area contributed by atoms with Crippen molar-refractivity contribution in [3.63, 3.8) is 0 Å². The lowest BCUT2D eigenvalue weighted by Gasteiger charge is -1.99. The van der Waals surface area contributed by atoms with E-state index in [4.69, 9.17) is 0 Å². The molecule has 0 saturated heterocycles. The summed E-state index contributed by atoms with van der Waals surface area (Å²) in [4.78, 5) is 12.2. The molecule has 0 N–H and O–H groups in total. The zero-order valence-electron chi connectivity index (χ0n) is 11.0. The molecule has 0 amide bonds. The Morgan fingerprint density at radius 1 is 1.00 bits per heavy atom. The first-order valence-corrected chi connectivity index (χ1v) is 6.33. The van der Waals surface area contributed by atoms with E-state index in [1.54, 1.807) is 23.0 Å². The van der Waals surface area contributed by atoms with E-state index in [0.717, 1.165) is 5.69 Å². The van der Waals surface area contributed by atoms with Crippen LogP contribution in [0.1, 0.15) is 21.6 Å². The van der Waals surface area contributed by atoms with Crippen LogP contribution < -0.4 is 0 Å². The number of carbonyl (C=O) groups is 1. The van der Waals surface area contributed by atoms with Crippen molar-refractivity contribution >= 4 is 5.78 Å². The number of hydrogen-bond donors (Lipinski definition) is 0. The van der Waals surface area contributed by atoms with E-state index in [2.05, 4.69) is 10.3 Å². The van der Waals surface area contributed by atoms with Crippen molar-refractivity contribution in [1.29, 1.82) is 0 Å². The predicted octanol–water partition coefficient (Wildman–Crippen LogP) is 2.81. The molecule has 0 aliphatic heterocycles. The van der Waals surface area contributed by atoms with Crippen molar-refractivity contribution in [2.24, 2.45) is 0 Å². The number of nitrogens with zero attached hydrogens (tertiary/aromatic N) is 3. The summed E-state index contributed by atoms with van der Waals surface area (Å²) < 4.78 is 1.61. The van der Waals surface area contributed by atoms with E-state index in [1.807, 2.05) is 49.4 Å². The fourth-order valence-electron chi connectivity index (χ4n) is 1.93. The quantitative estimate of drug-likeness (QED) is 0.683. The van der Waals surface area contributed by atoms with Crippen LogP contribution in [-0.2, 0) is 0 Å². The van der Waals surface area contributed by atoms with E-state index in [0.29, 0.717) is 11.3 Å². The minimum Gasteiger partial charge on any atom is -0.287 e. The topological polar surface area (TPSA) is 47.8 Å². The van der Waals surface area contributed by atoms with Crippen LogP contribution in [0.25, 0.3) is 5.69 Å². The van der Waals surface area contributed by atoms with E-state index in [1.165, 1.54) is 5.56 Å². The number of aromatic nitrogens is 3. The van der Waals surface area contributed by atoms with Crippen LogP contribution in [0.2, 0.25) is 0 Å². The number of hydrogen-bond acceptors (Lipinski definition) is 3. The third-order valence-electron chi connectivity index (χ3n) is 3.06. The van der Waals surface area contributed by atoms with Crippen molar-refractivity contribution in [3.8, 4) is 5.69 Å². The van der Waals surface area contributed by atoms with Crippen LogP contribution in [0, 0.1) is 6.92 Å². The Kier molecular flexibility index (Phi) is 3.13. The second kappa shape index (κ2) is 5.09. The van der Waals surface area contributed by atoms with Gasteiger partial charge >= 0.3 is 0 Å². The number of ketones is 1. The average molecular weight is 263 g/mol. The highest BCUT2D eigenvalue weighted by atomic mass is 16.1. The standard InChI is InChI=1S/C16H13N3O/c1-12-7-9-14(10-8-12)19-11-15(17-18-19)16(20)13-5-3-2-4-6-13/h2-11H,1H3. The molecule has 0 radical (unpaired) electrons. The average Bonchev–Trinajstić information content (AvgIpc) is 2.98.